The molecule has 0 heterocycles. The molecule has 3 aliphatic rings. The minimum atomic E-state index is -2.68. The van der Waals surface area contributed by atoms with E-state index < -0.39 is 63.6 Å². The van der Waals surface area contributed by atoms with Gasteiger partial charge < -0.3 is 31.1 Å². The third-order valence-electron chi connectivity index (χ3n) is 7.90. The highest BCUT2D eigenvalue weighted by Gasteiger charge is 2.63. The van der Waals surface area contributed by atoms with Crippen LogP contribution in [0.2, 0.25) is 0 Å². The average Bonchev–Trinajstić information content (AvgIpc) is 2.81. The molecule has 4 unspecified atom stereocenters. The van der Waals surface area contributed by atoms with Crippen molar-refractivity contribution >= 4 is 23.2 Å². The van der Waals surface area contributed by atoms with E-state index in [1.165, 1.54) is 4.90 Å². The first kappa shape index (κ1) is 29.5. The Morgan fingerprint density at radius 1 is 1.18 bits per heavy atom. The number of aliphatic hydroxyl groups is 3. The van der Waals surface area contributed by atoms with Gasteiger partial charge in [0.25, 0.3) is 5.91 Å². The number of nitrogens with zero attached hydrogens (tertiary/aromatic N) is 2. The number of allylic oxidation sites excluding steroid dienone is 1. The maximum Gasteiger partial charge on any atom is 0.255 e. The maximum atomic E-state index is 14.0. The van der Waals surface area contributed by atoms with Crippen molar-refractivity contribution in [2.75, 3.05) is 33.1 Å². The number of nitrogens with two attached hydrogens (primary N) is 1. The number of hydrogen-bond acceptors (Lipinski definition) is 11. The lowest BCUT2D eigenvalue weighted by molar-refractivity contribution is -0.148. The lowest BCUT2D eigenvalue weighted by Gasteiger charge is -2.50. The summed E-state index contributed by atoms with van der Waals surface area (Å²) in [5.41, 5.74) is 5.53. The number of likely N-dealkylation sites (N-methyl/N-ethyl adjacent to an activating group) is 1. The molecule has 0 spiro atoms. The number of carbonyl (C=O) groups excluding carboxylic acids is 3. The number of carbonyl (C=O) groups is 3. The van der Waals surface area contributed by atoms with Crippen molar-refractivity contribution in [1.29, 1.82) is 0 Å². The van der Waals surface area contributed by atoms with Crippen LogP contribution < -0.4 is 16.1 Å². The van der Waals surface area contributed by atoms with Gasteiger partial charge in [0.15, 0.2) is 11.4 Å². The van der Waals surface area contributed by atoms with Crippen molar-refractivity contribution in [2.24, 2.45) is 17.6 Å². The topological polar surface area (TPSA) is 186 Å². The number of hydrogen-bond donors (Lipinski definition) is 6. The predicted molar refractivity (Wildman–Crippen MR) is 146 cm³/mol. The normalized spacial score (nSPS) is 26.6. The number of nitrogens with one attached hydrogen (secondary N) is 1. The highest BCUT2D eigenvalue weighted by Crippen LogP contribution is 2.53. The molecule has 3 aliphatic carbocycles. The molecule has 12 heteroatoms. The fourth-order valence-corrected chi connectivity index (χ4v) is 6.22. The summed E-state index contributed by atoms with van der Waals surface area (Å²) in [4.78, 5) is 48.5. The first-order valence-electron chi connectivity index (χ1n) is 13.0. The Hall–Kier alpha value is -3.45. The van der Waals surface area contributed by atoms with Crippen molar-refractivity contribution in [3.05, 3.63) is 45.4 Å². The Balaban J connectivity index is 1.90. The highest BCUT2D eigenvalue weighted by molar-refractivity contribution is 6.24. The molecular formula is C28H38N4O8. The van der Waals surface area contributed by atoms with Gasteiger partial charge in [-0.2, -0.15) is 5.48 Å². The number of primary amides is 1. The number of anilines is 1. The summed E-state index contributed by atoms with van der Waals surface area (Å²) in [6, 6.07) is 0.720. The SMILES string of the molecule is CN(C)c1cc(CNOC(C)(C)C)c(O)c2c1CC1CC3C(N(C)C)C(O)=C(C(N)=O)C(=O)C3(O)C(O)=C1C2=O. The van der Waals surface area contributed by atoms with E-state index in [4.69, 9.17) is 10.6 Å². The van der Waals surface area contributed by atoms with E-state index in [1.807, 2.05) is 25.7 Å². The van der Waals surface area contributed by atoms with Crippen LogP contribution in [0.1, 0.15) is 48.7 Å². The summed E-state index contributed by atoms with van der Waals surface area (Å²) in [6.45, 7) is 5.62. The van der Waals surface area contributed by atoms with Gasteiger partial charge in [0.1, 0.15) is 22.8 Å². The summed E-state index contributed by atoms with van der Waals surface area (Å²) in [5, 5.41) is 45.4. The molecule has 0 saturated heterocycles. The van der Waals surface area contributed by atoms with Crippen LogP contribution in [0.5, 0.6) is 5.75 Å². The van der Waals surface area contributed by atoms with Gasteiger partial charge in [0.05, 0.1) is 17.2 Å². The summed E-state index contributed by atoms with van der Waals surface area (Å²) >= 11 is 0. The smallest absolute Gasteiger partial charge is 0.255 e. The molecule has 4 atom stereocenters. The zero-order valence-electron chi connectivity index (χ0n) is 23.8. The van der Waals surface area contributed by atoms with E-state index in [0.29, 0.717) is 16.8 Å². The van der Waals surface area contributed by atoms with Crippen molar-refractivity contribution in [3.63, 3.8) is 0 Å². The lowest BCUT2D eigenvalue weighted by Crippen LogP contribution is -2.63. The Kier molecular flexibility index (Phi) is 7.29. The van der Waals surface area contributed by atoms with Gasteiger partial charge in [0.2, 0.25) is 5.78 Å². The summed E-state index contributed by atoms with van der Waals surface area (Å²) < 4.78 is 0. The monoisotopic (exact) mass is 558 g/mol. The number of hydroxylamine groups is 1. The molecule has 0 aromatic heterocycles. The van der Waals surface area contributed by atoms with Crippen LogP contribution in [0.4, 0.5) is 5.69 Å². The van der Waals surface area contributed by atoms with E-state index in [9.17, 15) is 34.8 Å². The number of rotatable bonds is 6. The molecule has 0 fully saturated rings. The molecule has 40 heavy (non-hydrogen) atoms. The summed E-state index contributed by atoms with van der Waals surface area (Å²) in [5.74, 6) is -6.77. The number of amides is 1. The van der Waals surface area contributed by atoms with Crippen molar-refractivity contribution in [3.8, 4) is 5.75 Å². The first-order chi connectivity index (χ1) is 18.4. The number of fused-ring (bicyclic) bond motifs is 3. The van der Waals surface area contributed by atoms with E-state index in [-0.39, 0.29) is 36.3 Å². The van der Waals surface area contributed by atoms with Gasteiger partial charge in [-0.3, -0.25) is 24.1 Å². The molecule has 1 aromatic rings. The second kappa shape index (κ2) is 9.88. The summed E-state index contributed by atoms with van der Waals surface area (Å²) in [7, 11) is 6.79. The third-order valence-corrected chi connectivity index (χ3v) is 7.90. The number of ketones is 2. The van der Waals surface area contributed by atoms with Gasteiger partial charge in [-0.25, -0.2) is 0 Å². The van der Waals surface area contributed by atoms with Gasteiger partial charge in [-0.15, -0.1) is 0 Å². The van der Waals surface area contributed by atoms with E-state index in [0.717, 1.165) is 0 Å². The third kappa shape index (κ3) is 4.44. The zero-order chi connectivity index (χ0) is 30.1. The van der Waals surface area contributed by atoms with Crippen molar-refractivity contribution in [2.45, 2.75) is 57.4 Å². The second-order valence-electron chi connectivity index (χ2n) is 12.2. The molecule has 0 radical (unpaired) electrons. The van der Waals surface area contributed by atoms with Crippen LogP contribution in [0.15, 0.2) is 28.7 Å². The molecule has 12 nitrogen and oxygen atoms in total. The first-order valence-corrected chi connectivity index (χ1v) is 13.0. The number of phenols is 1. The van der Waals surface area contributed by atoms with Crippen LogP contribution in [0, 0.1) is 11.8 Å². The average molecular weight is 559 g/mol. The van der Waals surface area contributed by atoms with E-state index in [2.05, 4.69) is 5.48 Å². The van der Waals surface area contributed by atoms with Crippen LogP contribution >= 0.6 is 0 Å². The number of Topliss-reactive ketones (excluding diaryl/α,β-unsaturated/α-hetero) is 2. The minimum absolute atomic E-state index is 0.0299. The quantitative estimate of drug-likeness (QED) is 0.216. The Morgan fingerprint density at radius 2 is 1.80 bits per heavy atom. The molecule has 218 valence electrons. The van der Waals surface area contributed by atoms with E-state index >= 15 is 0 Å². The molecular weight excluding hydrogens is 520 g/mol. The van der Waals surface area contributed by atoms with Gasteiger partial charge in [0, 0.05) is 43.4 Å². The van der Waals surface area contributed by atoms with Crippen molar-refractivity contribution in [1.82, 2.24) is 10.4 Å². The zero-order valence-corrected chi connectivity index (χ0v) is 23.8. The fraction of sp³-hybridized carbons (Fsp3) is 0.536. The molecule has 0 saturated carbocycles. The summed E-state index contributed by atoms with van der Waals surface area (Å²) in [6.07, 6.45) is 0.240. The highest BCUT2D eigenvalue weighted by atomic mass is 16.7. The predicted octanol–water partition coefficient (Wildman–Crippen LogP) is 1.01. The van der Waals surface area contributed by atoms with Crippen molar-refractivity contribution < 1.29 is 39.6 Å². The fourth-order valence-electron chi connectivity index (χ4n) is 6.22. The number of benzene rings is 1. The number of phenolic OH excluding ortho intramolecular Hbond substituents is 1. The van der Waals surface area contributed by atoms with Crippen LogP contribution in [0.25, 0.3) is 0 Å². The molecule has 4 rings (SSSR count). The second-order valence-corrected chi connectivity index (χ2v) is 12.2. The molecule has 1 amide bonds. The van der Waals surface area contributed by atoms with Gasteiger partial charge in [-0.1, -0.05) is 0 Å². The standard InChI is InChI=1S/C28H38N4O8/c1-27(2,3)40-30-11-13-10-16(31(4)5)14-8-12-9-15-20(32(6)7)23(35)19(26(29)38)25(37)28(15,39)24(36)17(12)22(34)18(14)21(13)33/h10,12,15,20,30,33,35-36,39H,8-9,11H2,1-7H3,(H2,29,38). The minimum Gasteiger partial charge on any atom is -0.510 e. The van der Waals surface area contributed by atoms with E-state index in [1.54, 1.807) is 34.3 Å². The Labute approximate surface area is 232 Å². The van der Waals surface area contributed by atoms with Crippen LogP contribution in [-0.2, 0) is 27.4 Å². The lowest BCUT2D eigenvalue weighted by atomic mass is 9.58. The molecule has 7 N–H and O–H groups in total. The van der Waals surface area contributed by atoms with Gasteiger partial charge in [-0.05, 0) is 65.3 Å². The Bertz CT molecular complexity index is 1360. The van der Waals surface area contributed by atoms with Gasteiger partial charge >= 0.3 is 0 Å². The largest absolute Gasteiger partial charge is 0.510 e. The van der Waals surface area contributed by atoms with Crippen LogP contribution in [-0.4, -0.2) is 88.2 Å². The maximum absolute atomic E-state index is 14.0. The molecule has 1 aromatic carbocycles. The Morgan fingerprint density at radius 3 is 2.33 bits per heavy atom. The molecule has 0 bridgehead atoms. The molecule has 0 aliphatic heterocycles. The van der Waals surface area contributed by atoms with Crippen LogP contribution in [0.3, 0.4) is 0 Å². The number of aliphatic hydroxyl groups excluding tert-OH is 2. The number of aromatic hydroxyl groups is 1.